The van der Waals surface area contributed by atoms with Crippen molar-refractivity contribution in [2.24, 2.45) is 0 Å². The quantitative estimate of drug-likeness (QED) is 0.484. The minimum Gasteiger partial charge on any atom is -0.379 e. The number of morpholine rings is 1. The second-order valence-electron chi connectivity index (χ2n) is 9.30. The van der Waals surface area contributed by atoms with Crippen molar-refractivity contribution in [3.8, 4) is 5.69 Å². The number of carbonyl (C=O) groups excluding carboxylic acids is 1. The predicted octanol–water partition coefficient (Wildman–Crippen LogP) is 4.33. The molecule has 0 radical (unpaired) electrons. The number of sulfonamides is 1. The molecule has 1 aromatic heterocycles. The van der Waals surface area contributed by atoms with Crippen LogP contribution in [0.15, 0.2) is 53.4 Å². The van der Waals surface area contributed by atoms with E-state index in [-0.39, 0.29) is 10.8 Å². The van der Waals surface area contributed by atoms with E-state index in [9.17, 15) is 13.2 Å². The lowest BCUT2D eigenvalue weighted by atomic mass is 10.0. The number of aromatic nitrogens is 1. The molecule has 1 saturated heterocycles. The number of hydrogen-bond acceptors (Lipinski definition) is 4. The molecule has 2 aliphatic heterocycles. The van der Waals surface area contributed by atoms with Crippen molar-refractivity contribution in [2.75, 3.05) is 37.7 Å². The van der Waals surface area contributed by atoms with Crippen LogP contribution in [-0.2, 0) is 19.6 Å². The number of hydrogen-bond donors (Lipinski definition) is 0. The molecule has 0 unspecified atom stereocenters. The zero-order chi connectivity index (χ0) is 25.6. The van der Waals surface area contributed by atoms with E-state index in [4.69, 9.17) is 4.74 Å². The van der Waals surface area contributed by atoms with Gasteiger partial charge in [-0.2, -0.15) is 4.31 Å². The molecular weight excluding hydrogens is 474 g/mol. The third kappa shape index (κ3) is 4.09. The zero-order valence-electron chi connectivity index (χ0n) is 21.1. The molecule has 3 heterocycles. The zero-order valence-corrected chi connectivity index (χ0v) is 21.9. The molecule has 2 aromatic carbocycles. The largest absolute Gasteiger partial charge is 0.379 e. The van der Waals surface area contributed by atoms with Crippen molar-refractivity contribution in [3.63, 3.8) is 0 Å². The molecule has 2 aliphatic rings. The standard InChI is InChI=1S/C28H31N3O4S/c1-5-30-27-11-10-24(36(33,34)29-12-14-35-15-13-29)18-25(27)26(28(30)32)17-22-16-20(3)31(21(22)4)23-8-6-19(2)7-9-23/h6-11,16-18H,5,12-15H2,1-4H3. The summed E-state index contributed by atoms with van der Waals surface area (Å²) in [5.74, 6) is -0.117. The summed E-state index contributed by atoms with van der Waals surface area (Å²) in [5, 5.41) is 0. The van der Waals surface area contributed by atoms with Crippen LogP contribution >= 0.6 is 0 Å². The van der Waals surface area contributed by atoms with E-state index in [1.165, 1.54) is 9.87 Å². The Bertz CT molecular complexity index is 1460. The highest BCUT2D eigenvalue weighted by molar-refractivity contribution is 7.89. The Morgan fingerprint density at radius 3 is 2.33 bits per heavy atom. The Balaban J connectivity index is 1.60. The molecule has 36 heavy (non-hydrogen) atoms. The number of amides is 1. The van der Waals surface area contributed by atoms with Crippen molar-refractivity contribution in [2.45, 2.75) is 32.6 Å². The van der Waals surface area contributed by atoms with E-state index in [1.54, 1.807) is 23.1 Å². The third-order valence-electron chi connectivity index (χ3n) is 7.01. The third-order valence-corrected chi connectivity index (χ3v) is 8.91. The van der Waals surface area contributed by atoms with E-state index in [0.717, 1.165) is 28.3 Å². The highest BCUT2D eigenvalue weighted by atomic mass is 32.2. The maximum absolute atomic E-state index is 13.4. The Labute approximate surface area is 212 Å². The topological polar surface area (TPSA) is 71.9 Å². The van der Waals surface area contributed by atoms with Gasteiger partial charge in [-0.1, -0.05) is 17.7 Å². The highest BCUT2D eigenvalue weighted by Gasteiger charge is 2.34. The van der Waals surface area contributed by atoms with Gasteiger partial charge in [0.05, 0.1) is 23.8 Å². The summed E-state index contributed by atoms with van der Waals surface area (Å²) in [5.41, 5.74) is 7.16. The lowest BCUT2D eigenvalue weighted by Gasteiger charge is -2.26. The first kappa shape index (κ1) is 24.5. The first-order valence-electron chi connectivity index (χ1n) is 12.2. The minimum atomic E-state index is -3.68. The number of likely N-dealkylation sites (N-methyl/N-ethyl adjacent to an activating group) is 1. The van der Waals surface area contributed by atoms with Crippen LogP contribution < -0.4 is 4.90 Å². The van der Waals surface area contributed by atoms with Gasteiger partial charge < -0.3 is 14.2 Å². The molecule has 0 N–H and O–H groups in total. The number of nitrogens with zero attached hydrogens (tertiary/aromatic N) is 3. The lowest BCUT2D eigenvalue weighted by Crippen LogP contribution is -2.40. The molecule has 0 spiro atoms. The van der Waals surface area contributed by atoms with Gasteiger partial charge in [-0.05, 0) is 75.7 Å². The Morgan fingerprint density at radius 2 is 1.67 bits per heavy atom. The second kappa shape index (κ2) is 9.35. The number of fused-ring (bicyclic) bond motifs is 1. The summed E-state index contributed by atoms with van der Waals surface area (Å²) < 4.78 is 35.6. The van der Waals surface area contributed by atoms with Gasteiger partial charge in [-0.3, -0.25) is 4.79 Å². The van der Waals surface area contributed by atoms with Crippen LogP contribution in [-0.4, -0.2) is 56.0 Å². The van der Waals surface area contributed by atoms with E-state index >= 15 is 0 Å². The molecule has 0 atom stereocenters. The number of rotatable bonds is 5. The first-order valence-corrected chi connectivity index (χ1v) is 13.7. The monoisotopic (exact) mass is 505 g/mol. The van der Waals surface area contributed by atoms with Crippen molar-refractivity contribution < 1.29 is 17.9 Å². The van der Waals surface area contributed by atoms with Gasteiger partial charge in [0.15, 0.2) is 0 Å². The summed E-state index contributed by atoms with van der Waals surface area (Å²) in [6.07, 6.45) is 1.90. The molecule has 1 fully saturated rings. The molecule has 0 bridgehead atoms. The van der Waals surface area contributed by atoms with Gasteiger partial charge in [0.25, 0.3) is 5.91 Å². The maximum Gasteiger partial charge on any atom is 0.258 e. The van der Waals surface area contributed by atoms with Crippen LogP contribution in [0.2, 0.25) is 0 Å². The Kier molecular flexibility index (Phi) is 6.36. The summed E-state index contributed by atoms with van der Waals surface area (Å²) in [4.78, 5) is 15.3. The van der Waals surface area contributed by atoms with Gasteiger partial charge in [-0.15, -0.1) is 0 Å². The van der Waals surface area contributed by atoms with Crippen LogP contribution in [0.25, 0.3) is 17.3 Å². The molecular formula is C28H31N3O4S. The van der Waals surface area contributed by atoms with E-state index in [2.05, 4.69) is 41.8 Å². The number of anilines is 1. The number of ether oxygens (including phenoxy) is 1. The normalized spacial score (nSPS) is 17.7. The van der Waals surface area contributed by atoms with Crippen molar-refractivity contribution >= 4 is 33.3 Å². The van der Waals surface area contributed by atoms with E-state index in [0.29, 0.717) is 44.0 Å². The highest BCUT2D eigenvalue weighted by Crippen LogP contribution is 2.40. The van der Waals surface area contributed by atoms with Crippen LogP contribution in [0.1, 0.15) is 35.0 Å². The summed E-state index contributed by atoms with van der Waals surface area (Å²) in [6.45, 7) is 9.99. The number of carbonyl (C=O) groups is 1. The maximum atomic E-state index is 13.4. The fourth-order valence-electron chi connectivity index (χ4n) is 5.07. The summed E-state index contributed by atoms with van der Waals surface area (Å²) >= 11 is 0. The Morgan fingerprint density at radius 1 is 0.972 bits per heavy atom. The molecule has 0 aliphatic carbocycles. The van der Waals surface area contributed by atoms with Crippen molar-refractivity contribution in [1.29, 1.82) is 0 Å². The van der Waals surface area contributed by atoms with Crippen LogP contribution in [0, 0.1) is 20.8 Å². The van der Waals surface area contributed by atoms with Gasteiger partial charge in [-0.25, -0.2) is 8.42 Å². The SMILES string of the molecule is CCN1C(=O)C(=Cc2cc(C)n(-c3ccc(C)cc3)c2C)c2cc(S(=O)(=O)N3CCOCC3)ccc21. The Hall–Kier alpha value is -3.20. The van der Waals surface area contributed by atoms with Gasteiger partial charge in [0.2, 0.25) is 10.0 Å². The molecule has 7 nitrogen and oxygen atoms in total. The van der Waals surface area contributed by atoms with Crippen molar-refractivity contribution in [1.82, 2.24) is 8.87 Å². The molecule has 8 heteroatoms. The van der Waals surface area contributed by atoms with Crippen LogP contribution in [0.3, 0.4) is 0 Å². The molecule has 1 amide bonds. The van der Waals surface area contributed by atoms with Gasteiger partial charge in [0, 0.05) is 47.8 Å². The number of benzene rings is 2. The van der Waals surface area contributed by atoms with E-state index < -0.39 is 10.0 Å². The summed E-state index contributed by atoms with van der Waals surface area (Å²) in [6, 6.07) is 15.4. The summed E-state index contributed by atoms with van der Waals surface area (Å²) in [7, 11) is -3.68. The smallest absolute Gasteiger partial charge is 0.258 e. The minimum absolute atomic E-state index is 0.117. The molecule has 0 saturated carbocycles. The van der Waals surface area contributed by atoms with Crippen molar-refractivity contribution in [3.05, 3.63) is 76.6 Å². The lowest BCUT2D eigenvalue weighted by molar-refractivity contribution is -0.112. The van der Waals surface area contributed by atoms with Crippen LogP contribution in [0.5, 0.6) is 0 Å². The average Bonchev–Trinajstić information content (AvgIpc) is 3.31. The fourth-order valence-corrected chi connectivity index (χ4v) is 6.50. The first-order chi connectivity index (χ1) is 17.2. The van der Waals surface area contributed by atoms with Crippen LogP contribution in [0.4, 0.5) is 5.69 Å². The average molecular weight is 506 g/mol. The van der Waals surface area contributed by atoms with Gasteiger partial charge in [0.1, 0.15) is 0 Å². The number of aryl methyl sites for hydroxylation is 2. The predicted molar refractivity (Wildman–Crippen MR) is 142 cm³/mol. The van der Waals surface area contributed by atoms with Gasteiger partial charge >= 0.3 is 0 Å². The molecule has 3 aromatic rings. The molecule has 5 rings (SSSR count). The second-order valence-corrected chi connectivity index (χ2v) is 11.2. The molecule has 188 valence electrons. The van der Waals surface area contributed by atoms with E-state index in [1.807, 2.05) is 26.8 Å². The fraction of sp³-hybridized carbons (Fsp3) is 0.321.